The Balaban J connectivity index is 1.46. The number of hydrogen-bond acceptors (Lipinski definition) is 4. The number of ether oxygens (including phenoxy) is 1. The third kappa shape index (κ3) is 3.43. The molecule has 1 saturated heterocycles. The largest absolute Gasteiger partial charge is 0.496 e. The highest BCUT2D eigenvalue weighted by Gasteiger charge is 2.44. The van der Waals surface area contributed by atoms with E-state index in [4.69, 9.17) is 9.72 Å². The Morgan fingerprint density at radius 2 is 2.15 bits per heavy atom. The number of fused-ring (bicyclic) bond motifs is 2. The molecule has 2 aliphatic rings. The van der Waals surface area contributed by atoms with Crippen molar-refractivity contribution in [3.8, 4) is 5.75 Å². The zero-order valence-corrected chi connectivity index (χ0v) is 16.2. The SMILES string of the molecule is COc1ccccc1CCC(=O)N1CCCC2(CCc3cnc(C)nc32)C1. The predicted molar refractivity (Wildman–Crippen MR) is 104 cm³/mol. The molecule has 142 valence electrons. The van der Waals surface area contributed by atoms with Crippen molar-refractivity contribution in [3.05, 3.63) is 53.1 Å². The molecule has 0 saturated carbocycles. The minimum absolute atomic E-state index is 0.0291. The van der Waals surface area contributed by atoms with Gasteiger partial charge in [0, 0.05) is 31.1 Å². The van der Waals surface area contributed by atoms with Crippen LogP contribution in [0.2, 0.25) is 0 Å². The highest BCUT2D eigenvalue weighted by atomic mass is 16.5. The van der Waals surface area contributed by atoms with Crippen LogP contribution in [0.5, 0.6) is 5.75 Å². The predicted octanol–water partition coefficient (Wildman–Crippen LogP) is 3.23. The number of nitrogens with zero attached hydrogens (tertiary/aromatic N) is 3. The summed E-state index contributed by atoms with van der Waals surface area (Å²) in [7, 11) is 1.68. The van der Waals surface area contributed by atoms with Crippen LogP contribution in [0.15, 0.2) is 30.5 Å². The molecule has 0 radical (unpaired) electrons. The zero-order chi connectivity index (χ0) is 18.9. The Morgan fingerprint density at radius 1 is 1.30 bits per heavy atom. The first-order chi connectivity index (χ1) is 13.1. The fraction of sp³-hybridized carbons (Fsp3) is 0.500. The molecule has 1 aliphatic carbocycles. The molecule has 1 spiro atoms. The van der Waals surface area contributed by atoms with Gasteiger partial charge in [0.15, 0.2) is 0 Å². The van der Waals surface area contributed by atoms with Crippen LogP contribution in [0.4, 0.5) is 0 Å². The van der Waals surface area contributed by atoms with E-state index in [1.165, 1.54) is 11.3 Å². The summed E-state index contributed by atoms with van der Waals surface area (Å²) < 4.78 is 5.41. The average Bonchev–Trinajstić information content (AvgIpc) is 3.03. The maximum absolute atomic E-state index is 12.9. The standard InChI is InChI=1S/C22H27N3O2/c1-16-23-14-18-10-12-22(21(18)24-16)11-5-13-25(15-22)20(26)9-8-17-6-3-4-7-19(17)27-2/h3-4,6-7,14H,5,8-13,15H2,1-2H3. The average molecular weight is 365 g/mol. The van der Waals surface area contributed by atoms with Crippen molar-refractivity contribution in [1.82, 2.24) is 14.9 Å². The Kier molecular flexibility index (Phi) is 4.85. The second-order valence-electron chi connectivity index (χ2n) is 7.80. The molecule has 2 aromatic rings. The molecule has 1 amide bonds. The van der Waals surface area contributed by atoms with Crippen molar-refractivity contribution in [1.29, 1.82) is 0 Å². The fourth-order valence-corrected chi connectivity index (χ4v) is 4.68. The van der Waals surface area contributed by atoms with Gasteiger partial charge in [-0.2, -0.15) is 0 Å². The molecule has 1 aliphatic heterocycles. The lowest BCUT2D eigenvalue weighted by atomic mass is 9.77. The first kappa shape index (κ1) is 18.0. The highest BCUT2D eigenvalue weighted by Crippen LogP contribution is 2.43. The number of amides is 1. The highest BCUT2D eigenvalue weighted by molar-refractivity contribution is 5.77. The Morgan fingerprint density at radius 3 is 3.00 bits per heavy atom. The van der Waals surface area contributed by atoms with Gasteiger partial charge >= 0.3 is 0 Å². The van der Waals surface area contributed by atoms with Crippen LogP contribution in [0.1, 0.15) is 48.3 Å². The Labute approximate surface area is 160 Å². The van der Waals surface area contributed by atoms with Crippen molar-refractivity contribution in [2.24, 2.45) is 0 Å². The van der Waals surface area contributed by atoms with E-state index in [9.17, 15) is 4.79 Å². The number of benzene rings is 1. The van der Waals surface area contributed by atoms with E-state index in [-0.39, 0.29) is 11.3 Å². The monoisotopic (exact) mass is 365 g/mol. The summed E-state index contributed by atoms with van der Waals surface area (Å²) in [6, 6.07) is 7.94. The molecule has 4 rings (SSSR count). The van der Waals surface area contributed by atoms with E-state index >= 15 is 0 Å². The number of hydrogen-bond donors (Lipinski definition) is 0. The maximum Gasteiger partial charge on any atom is 0.222 e. The van der Waals surface area contributed by atoms with E-state index in [1.807, 2.05) is 37.4 Å². The Hall–Kier alpha value is -2.43. The van der Waals surface area contributed by atoms with Crippen LogP contribution in [0.3, 0.4) is 0 Å². The van der Waals surface area contributed by atoms with Crippen LogP contribution in [-0.4, -0.2) is 41.0 Å². The molecule has 1 atom stereocenters. The number of rotatable bonds is 4. The number of carbonyl (C=O) groups excluding carboxylic acids is 1. The van der Waals surface area contributed by atoms with Crippen molar-refractivity contribution in [3.63, 3.8) is 0 Å². The molecular weight excluding hydrogens is 338 g/mol. The molecule has 5 heteroatoms. The first-order valence-corrected chi connectivity index (χ1v) is 9.84. The smallest absolute Gasteiger partial charge is 0.222 e. The van der Waals surface area contributed by atoms with Crippen LogP contribution >= 0.6 is 0 Å². The lowest BCUT2D eigenvalue weighted by Crippen LogP contribution is -2.48. The number of methoxy groups -OCH3 is 1. The second kappa shape index (κ2) is 7.29. The van der Waals surface area contributed by atoms with Gasteiger partial charge in [-0.05, 0) is 56.2 Å². The molecule has 0 N–H and O–H groups in total. The van der Waals surface area contributed by atoms with Gasteiger partial charge < -0.3 is 9.64 Å². The van der Waals surface area contributed by atoms with Crippen LogP contribution in [-0.2, 0) is 23.1 Å². The molecule has 27 heavy (non-hydrogen) atoms. The van der Waals surface area contributed by atoms with Crippen molar-refractivity contribution in [2.45, 2.75) is 50.9 Å². The summed E-state index contributed by atoms with van der Waals surface area (Å²) >= 11 is 0. The van der Waals surface area contributed by atoms with E-state index in [1.54, 1.807) is 7.11 Å². The lowest BCUT2D eigenvalue weighted by Gasteiger charge is -2.40. The molecule has 1 aromatic heterocycles. The van der Waals surface area contributed by atoms with Crippen LogP contribution < -0.4 is 4.74 Å². The van der Waals surface area contributed by atoms with Crippen molar-refractivity contribution < 1.29 is 9.53 Å². The number of likely N-dealkylation sites (tertiary alicyclic amines) is 1. The number of carbonyl (C=O) groups is 1. The summed E-state index contributed by atoms with van der Waals surface area (Å²) in [6.07, 6.45) is 7.48. The number of aromatic nitrogens is 2. The summed E-state index contributed by atoms with van der Waals surface area (Å²) in [5.41, 5.74) is 3.58. The summed E-state index contributed by atoms with van der Waals surface area (Å²) in [4.78, 5) is 24.1. The third-order valence-corrected chi connectivity index (χ3v) is 6.09. The van der Waals surface area contributed by atoms with Gasteiger partial charge in [0.2, 0.25) is 5.91 Å². The van der Waals surface area contributed by atoms with Gasteiger partial charge in [-0.1, -0.05) is 18.2 Å². The van der Waals surface area contributed by atoms with Gasteiger partial charge in [0.05, 0.1) is 12.8 Å². The quantitative estimate of drug-likeness (QED) is 0.835. The molecular formula is C22H27N3O2. The van der Waals surface area contributed by atoms with Gasteiger partial charge in [0.1, 0.15) is 11.6 Å². The first-order valence-electron chi connectivity index (χ1n) is 9.84. The minimum atomic E-state index is 0.0291. The zero-order valence-electron chi connectivity index (χ0n) is 16.2. The molecule has 5 nitrogen and oxygen atoms in total. The van der Waals surface area contributed by atoms with Gasteiger partial charge in [-0.15, -0.1) is 0 Å². The van der Waals surface area contributed by atoms with Crippen LogP contribution in [0.25, 0.3) is 0 Å². The molecule has 0 bridgehead atoms. The summed E-state index contributed by atoms with van der Waals surface area (Å²) in [5.74, 6) is 1.92. The van der Waals surface area contributed by atoms with Crippen molar-refractivity contribution in [2.75, 3.05) is 20.2 Å². The fourth-order valence-electron chi connectivity index (χ4n) is 4.68. The number of para-hydroxylation sites is 1. The van der Waals surface area contributed by atoms with E-state index < -0.39 is 0 Å². The third-order valence-electron chi connectivity index (χ3n) is 6.09. The number of piperidine rings is 1. The Bertz CT molecular complexity index is 847. The molecule has 1 unspecified atom stereocenters. The molecule has 1 fully saturated rings. The van der Waals surface area contributed by atoms with E-state index in [0.29, 0.717) is 12.8 Å². The minimum Gasteiger partial charge on any atom is -0.496 e. The van der Waals surface area contributed by atoms with Gasteiger partial charge in [-0.3, -0.25) is 4.79 Å². The summed E-state index contributed by atoms with van der Waals surface area (Å²) in [5, 5.41) is 0. The molecule has 2 heterocycles. The summed E-state index contributed by atoms with van der Waals surface area (Å²) in [6.45, 7) is 3.60. The van der Waals surface area contributed by atoms with E-state index in [0.717, 1.165) is 55.9 Å². The molecule has 1 aromatic carbocycles. The number of aryl methyl sites for hydroxylation is 3. The lowest BCUT2D eigenvalue weighted by molar-refractivity contribution is -0.133. The topological polar surface area (TPSA) is 55.3 Å². The maximum atomic E-state index is 12.9. The second-order valence-corrected chi connectivity index (χ2v) is 7.80. The van der Waals surface area contributed by atoms with Crippen molar-refractivity contribution >= 4 is 5.91 Å². The van der Waals surface area contributed by atoms with Crippen LogP contribution in [0, 0.1) is 6.92 Å². The van der Waals surface area contributed by atoms with E-state index in [2.05, 4.69) is 9.88 Å². The van der Waals surface area contributed by atoms with Gasteiger partial charge in [0.25, 0.3) is 0 Å². The van der Waals surface area contributed by atoms with Gasteiger partial charge in [-0.25, -0.2) is 9.97 Å². The normalized spacial score (nSPS) is 21.3.